The Balaban J connectivity index is 2.70. The number of hydrogen-bond donors (Lipinski definition) is 1. The van der Waals surface area contributed by atoms with Crippen LogP contribution in [-0.2, 0) is 4.79 Å². The van der Waals surface area contributed by atoms with E-state index in [0.717, 1.165) is 4.57 Å². The first-order valence-corrected chi connectivity index (χ1v) is 8.03. The van der Waals surface area contributed by atoms with Crippen LogP contribution in [0.5, 0.6) is 5.75 Å². The van der Waals surface area contributed by atoms with Crippen molar-refractivity contribution in [1.82, 2.24) is 4.57 Å². The molecule has 1 N–H and O–H groups in total. The summed E-state index contributed by atoms with van der Waals surface area (Å²) in [5.41, 5.74) is 0.700. The third-order valence-electron chi connectivity index (χ3n) is 3.84. The average Bonchev–Trinajstić information content (AvgIpc) is 2.59. The number of carboxylic acids is 1. The summed E-state index contributed by atoms with van der Waals surface area (Å²) in [6.07, 6.45) is 2.30. The Morgan fingerprint density at radius 2 is 2.12 bits per heavy atom. The molecule has 1 atom stereocenters. The maximum atomic E-state index is 12.5. The Labute approximate surface area is 149 Å². The summed E-state index contributed by atoms with van der Waals surface area (Å²) in [4.78, 5) is 24.0. The van der Waals surface area contributed by atoms with E-state index in [1.807, 2.05) is 6.92 Å². The summed E-state index contributed by atoms with van der Waals surface area (Å²) >= 11 is 6.01. The highest BCUT2D eigenvalue weighted by molar-refractivity contribution is 6.31. The molecule has 0 bridgehead atoms. The summed E-state index contributed by atoms with van der Waals surface area (Å²) < 4.78 is 6.48. The number of carbonyl (C=O) groups is 1. The minimum atomic E-state index is -1.08. The van der Waals surface area contributed by atoms with Gasteiger partial charge in [-0.2, -0.15) is 5.26 Å². The summed E-state index contributed by atoms with van der Waals surface area (Å²) in [5.74, 6) is -0.792. The lowest BCUT2D eigenvalue weighted by atomic mass is 10.00. The zero-order chi connectivity index (χ0) is 18.6. The Kier molecular flexibility index (Phi) is 5.84. The van der Waals surface area contributed by atoms with Crippen molar-refractivity contribution in [3.63, 3.8) is 0 Å². The molecule has 0 aliphatic heterocycles. The van der Waals surface area contributed by atoms with E-state index >= 15 is 0 Å². The minimum absolute atomic E-state index is 0.292. The van der Waals surface area contributed by atoms with Gasteiger partial charge in [0.25, 0.3) is 5.56 Å². The first-order chi connectivity index (χ1) is 11.9. The monoisotopic (exact) mass is 360 g/mol. The van der Waals surface area contributed by atoms with Crippen LogP contribution < -0.4 is 10.3 Å². The van der Waals surface area contributed by atoms with Gasteiger partial charge in [0.2, 0.25) is 0 Å². The normalized spacial score (nSPS) is 11.6. The molecule has 0 radical (unpaired) electrons. The van der Waals surface area contributed by atoms with Crippen molar-refractivity contribution in [3.05, 3.63) is 51.4 Å². The van der Waals surface area contributed by atoms with Crippen LogP contribution in [0, 0.1) is 11.3 Å². The molecule has 130 valence electrons. The van der Waals surface area contributed by atoms with Gasteiger partial charge in [-0.15, -0.1) is 0 Å². The second-order valence-corrected chi connectivity index (χ2v) is 5.88. The molecule has 1 aromatic carbocycles. The number of nitrogens with zero attached hydrogens (tertiary/aromatic N) is 2. The maximum absolute atomic E-state index is 12.5. The Bertz CT molecular complexity index is 899. The largest absolute Gasteiger partial charge is 0.495 e. The molecular weight excluding hydrogens is 344 g/mol. The molecule has 0 fully saturated rings. The molecule has 7 heteroatoms. The molecule has 0 aliphatic carbocycles. The number of benzene rings is 1. The molecule has 1 heterocycles. The zero-order valence-electron chi connectivity index (χ0n) is 13.8. The lowest BCUT2D eigenvalue weighted by molar-refractivity contribution is -0.141. The van der Waals surface area contributed by atoms with Gasteiger partial charge in [-0.05, 0) is 24.6 Å². The van der Waals surface area contributed by atoms with Gasteiger partial charge in [0.05, 0.1) is 24.9 Å². The van der Waals surface area contributed by atoms with Crippen molar-refractivity contribution < 1.29 is 14.6 Å². The Morgan fingerprint density at radius 3 is 2.68 bits per heavy atom. The lowest BCUT2D eigenvalue weighted by Crippen LogP contribution is -2.29. The molecule has 1 aromatic heterocycles. The number of aromatic nitrogens is 1. The number of halogens is 1. The third kappa shape index (κ3) is 3.83. The van der Waals surface area contributed by atoms with E-state index in [-0.39, 0.29) is 0 Å². The fourth-order valence-electron chi connectivity index (χ4n) is 2.64. The summed E-state index contributed by atoms with van der Waals surface area (Å²) in [7, 11) is 1.42. The van der Waals surface area contributed by atoms with E-state index in [9.17, 15) is 20.0 Å². The van der Waals surface area contributed by atoms with Gasteiger partial charge in [-0.1, -0.05) is 24.9 Å². The lowest BCUT2D eigenvalue weighted by Gasteiger charge is -2.18. The molecule has 2 aromatic rings. The van der Waals surface area contributed by atoms with E-state index in [2.05, 4.69) is 6.07 Å². The molecule has 0 spiro atoms. The molecule has 0 saturated carbocycles. The van der Waals surface area contributed by atoms with Crippen molar-refractivity contribution in [2.75, 3.05) is 7.11 Å². The Morgan fingerprint density at radius 1 is 1.40 bits per heavy atom. The van der Waals surface area contributed by atoms with Gasteiger partial charge < -0.3 is 9.84 Å². The fraction of sp³-hybridized carbons (Fsp3) is 0.278. The summed E-state index contributed by atoms with van der Waals surface area (Å²) in [5, 5.41) is 19.1. The molecule has 0 aliphatic rings. The number of carboxylic acid groups (broad SMARTS) is 1. The van der Waals surface area contributed by atoms with Gasteiger partial charge in [0.1, 0.15) is 11.8 Å². The average molecular weight is 361 g/mol. The second kappa shape index (κ2) is 7.86. The molecule has 0 amide bonds. The van der Waals surface area contributed by atoms with E-state index in [4.69, 9.17) is 16.3 Å². The van der Waals surface area contributed by atoms with Crippen molar-refractivity contribution >= 4 is 17.6 Å². The quantitative estimate of drug-likeness (QED) is 0.851. The number of rotatable bonds is 6. The standard InChI is InChI=1S/C18H17ClN2O4/c1-3-4-15(18(23)24)21-10-16(25-2)14(8-17(21)22)13-7-12(19)6-5-11(13)9-20/h5-8,10,15H,3-4H2,1-2H3,(H,23,24). The predicted molar refractivity (Wildman–Crippen MR) is 94.0 cm³/mol. The number of hydrogen-bond acceptors (Lipinski definition) is 4. The van der Waals surface area contributed by atoms with Gasteiger partial charge >= 0.3 is 5.97 Å². The number of ether oxygens (including phenoxy) is 1. The van der Waals surface area contributed by atoms with Crippen LogP contribution >= 0.6 is 11.6 Å². The predicted octanol–water partition coefficient (Wildman–Crippen LogP) is 3.47. The highest BCUT2D eigenvalue weighted by atomic mass is 35.5. The van der Waals surface area contributed by atoms with Crippen LogP contribution in [0.2, 0.25) is 5.02 Å². The highest BCUT2D eigenvalue weighted by Gasteiger charge is 2.22. The highest BCUT2D eigenvalue weighted by Crippen LogP contribution is 2.33. The smallest absolute Gasteiger partial charge is 0.326 e. The Hall–Kier alpha value is -2.78. The summed E-state index contributed by atoms with van der Waals surface area (Å²) in [6, 6.07) is 7.06. The van der Waals surface area contributed by atoms with Crippen LogP contribution in [-0.4, -0.2) is 22.8 Å². The second-order valence-electron chi connectivity index (χ2n) is 5.45. The van der Waals surface area contributed by atoms with E-state index in [0.29, 0.717) is 40.3 Å². The number of nitriles is 1. The topological polar surface area (TPSA) is 92.3 Å². The van der Waals surface area contributed by atoms with E-state index < -0.39 is 17.6 Å². The number of aliphatic carboxylic acids is 1. The van der Waals surface area contributed by atoms with Gasteiger partial charge in [0.15, 0.2) is 0 Å². The van der Waals surface area contributed by atoms with Crippen molar-refractivity contribution in [2.24, 2.45) is 0 Å². The van der Waals surface area contributed by atoms with E-state index in [1.165, 1.54) is 19.4 Å². The number of pyridine rings is 1. The fourth-order valence-corrected chi connectivity index (χ4v) is 2.81. The molecule has 1 unspecified atom stereocenters. The van der Waals surface area contributed by atoms with Crippen LogP contribution in [0.15, 0.2) is 35.3 Å². The molecule has 0 saturated heterocycles. The van der Waals surface area contributed by atoms with Gasteiger partial charge in [-0.25, -0.2) is 4.79 Å². The summed E-state index contributed by atoms with van der Waals surface area (Å²) in [6.45, 7) is 1.84. The molecule has 2 rings (SSSR count). The maximum Gasteiger partial charge on any atom is 0.326 e. The minimum Gasteiger partial charge on any atom is -0.495 e. The molecule has 6 nitrogen and oxygen atoms in total. The van der Waals surface area contributed by atoms with Crippen molar-refractivity contribution in [1.29, 1.82) is 5.26 Å². The third-order valence-corrected chi connectivity index (χ3v) is 4.07. The SMILES string of the molecule is CCCC(C(=O)O)n1cc(OC)c(-c2cc(Cl)ccc2C#N)cc1=O. The van der Waals surface area contributed by atoms with Crippen LogP contribution in [0.1, 0.15) is 31.4 Å². The molecule has 25 heavy (non-hydrogen) atoms. The van der Waals surface area contributed by atoms with Crippen LogP contribution in [0.3, 0.4) is 0 Å². The first kappa shape index (κ1) is 18.6. The first-order valence-electron chi connectivity index (χ1n) is 7.65. The van der Waals surface area contributed by atoms with Crippen LogP contribution in [0.4, 0.5) is 0 Å². The zero-order valence-corrected chi connectivity index (χ0v) is 14.6. The number of methoxy groups -OCH3 is 1. The van der Waals surface area contributed by atoms with Crippen molar-refractivity contribution in [3.8, 4) is 22.9 Å². The van der Waals surface area contributed by atoms with Gasteiger partial charge in [0, 0.05) is 22.2 Å². The van der Waals surface area contributed by atoms with Gasteiger partial charge in [-0.3, -0.25) is 9.36 Å². The van der Waals surface area contributed by atoms with E-state index in [1.54, 1.807) is 18.2 Å². The van der Waals surface area contributed by atoms with Crippen LogP contribution in [0.25, 0.3) is 11.1 Å². The molecular formula is C18H17ClN2O4. The van der Waals surface area contributed by atoms with Crippen molar-refractivity contribution in [2.45, 2.75) is 25.8 Å².